The van der Waals surface area contributed by atoms with E-state index in [2.05, 4.69) is 369 Å². The Labute approximate surface area is 554 Å². The van der Waals surface area contributed by atoms with Crippen LogP contribution in [-0.4, -0.2) is 11.3 Å². The van der Waals surface area contributed by atoms with Crippen LogP contribution in [0.3, 0.4) is 0 Å². The zero-order valence-electron chi connectivity index (χ0n) is 54.1. The molecule has 14 aromatic carbocycles. The molecule has 2 aliphatic rings. The fraction of sp³-hybridized carbons (Fsp3) is 0.0909. The van der Waals surface area contributed by atoms with Crippen molar-refractivity contribution < 1.29 is 4.42 Å². The largest absolute Gasteiger partial charge is 0.454 e. The number of rotatable bonds is 9. The molecule has 0 fully saturated rings. The highest BCUT2D eigenvalue weighted by molar-refractivity contribution is 7.00. The van der Waals surface area contributed by atoms with Crippen molar-refractivity contribution in [2.24, 2.45) is 0 Å². The van der Waals surface area contributed by atoms with E-state index in [9.17, 15) is 0 Å². The van der Waals surface area contributed by atoms with Gasteiger partial charge in [0, 0.05) is 84.1 Å². The standard InChI is InChI=1S/C88H68BN5O/c1-87(2,3)61-38-44-65(45-39-61)93-80-52-69(91(68-43-37-58-23-14-16-25-60(58)51-68)78-34-21-32-73-72-31-18-20-35-84(72)95-86(73)78)48-49-75(80)89-76-56-79-74(71-30-17-19-33-77(71)92(79)64-28-11-8-12-29-64)55-81(76)94(66-46-40-62(41-47-66)88(4,5)6)83-54-70(53-82(93)85(83)89)90(63-26-9-7-10-27-63)67-42-36-57-22-13-15-24-59(57)50-67/h7-56H,1-6H3. The maximum absolute atomic E-state index is 7.01. The summed E-state index contributed by atoms with van der Waals surface area (Å²) < 4.78 is 9.49. The van der Waals surface area contributed by atoms with Gasteiger partial charge >= 0.3 is 0 Å². The lowest BCUT2D eigenvalue weighted by Crippen LogP contribution is -2.61. The Balaban J connectivity index is 0.981. The van der Waals surface area contributed by atoms with E-state index < -0.39 is 0 Å². The fourth-order valence-electron chi connectivity index (χ4n) is 15.3. The number of hydrogen-bond acceptors (Lipinski definition) is 5. The maximum Gasteiger partial charge on any atom is 0.252 e. The first-order valence-corrected chi connectivity index (χ1v) is 33.2. The molecular formula is C88H68BN5O. The molecule has 454 valence electrons. The first-order valence-electron chi connectivity index (χ1n) is 33.2. The third kappa shape index (κ3) is 9.16. The summed E-state index contributed by atoms with van der Waals surface area (Å²) in [5, 5.41) is 9.27. The van der Waals surface area contributed by atoms with Crippen molar-refractivity contribution in [2.75, 3.05) is 19.6 Å². The Kier molecular flexibility index (Phi) is 12.7. The molecule has 0 saturated heterocycles. The topological polar surface area (TPSA) is 31.0 Å². The lowest BCUT2D eigenvalue weighted by molar-refractivity contribution is 0.590. The van der Waals surface area contributed by atoms with Crippen LogP contribution in [0.15, 0.2) is 308 Å². The van der Waals surface area contributed by atoms with Crippen molar-refractivity contribution in [3.05, 3.63) is 314 Å². The van der Waals surface area contributed by atoms with Crippen LogP contribution in [0.25, 0.3) is 71.0 Å². The highest BCUT2D eigenvalue weighted by Crippen LogP contribution is 2.52. The maximum atomic E-state index is 7.01. The molecule has 0 bridgehead atoms. The van der Waals surface area contributed by atoms with E-state index in [0.717, 1.165) is 107 Å². The van der Waals surface area contributed by atoms with Crippen LogP contribution in [0.1, 0.15) is 52.7 Å². The van der Waals surface area contributed by atoms with Crippen LogP contribution >= 0.6 is 0 Å². The zero-order valence-corrected chi connectivity index (χ0v) is 54.1. The second-order valence-corrected chi connectivity index (χ2v) is 27.8. The third-order valence-corrected chi connectivity index (χ3v) is 20.0. The van der Waals surface area contributed by atoms with Crippen molar-refractivity contribution in [1.29, 1.82) is 0 Å². The van der Waals surface area contributed by atoms with Gasteiger partial charge in [-0.25, -0.2) is 0 Å². The number of nitrogens with zero attached hydrogens (tertiary/aromatic N) is 5. The first-order chi connectivity index (χ1) is 46.4. The summed E-state index contributed by atoms with van der Waals surface area (Å²) in [4.78, 5) is 10.1. The molecule has 0 saturated carbocycles. The zero-order chi connectivity index (χ0) is 63.8. The van der Waals surface area contributed by atoms with Gasteiger partial charge in [-0.15, -0.1) is 0 Å². The summed E-state index contributed by atoms with van der Waals surface area (Å²) >= 11 is 0. The lowest BCUT2D eigenvalue weighted by atomic mass is 9.33. The highest BCUT2D eigenvalue weighted by Gasteiger charge is 2.45. The SMILES string of the molecule is CC(C)(C)c1ccc(N2c3cc(N(c4ccc5ccccc5c4)c4cccc5c4oc4ccccc45)ccc3B3c4cc5c(cc4N(c4ccc(C(C)(C)C)cc4)c4cc(N(c6ccccc6)c6ccc7ccccc7c6)cc2c43)c2ccccc2n5-c2ccccc2)cc1. The molecule has 0 spiro atoms. The van der Waals surface area contributed by atoms with Crippen LogP contribution in [0.2, 0.25) is 0 Å². The van der Waals surface area contributed by atoms with Crippen molar-refractivity contribution >= 4 is 157 Å². The first kappa shape index (κ1) is 56.2. The summed E-state index contributed by atoms with van der Waals surface area (Å²) in [6, 6.07) is 113. The van der Waals surface area contributed by atoms with Gasteiger partial charge in [0.25, 0.3) is 6.71 Å². The van der Waals surface area contributed by atoms with E-state index in [0.29, 0.717) is 0 Å². The van der Waals surface area contributed by atoms with E-state index in [1.165, 1.54) is 60.0 Å². The van der Waals surface area contributed by atoms with Gasteiger partial charge in [0.05, 0.1) is 22.4 Å². The second-order valence-electron chi connectivity index (χ2n) is 27.8. The predicted octanol–water partition coefficient (Wildman–Crippen LogP) is 22.6. The average molecular weight is 1220 g/mol. The summed E-state index contributed by atoms with van der Waals surface area (Å²) in [5.74, 6) is 0. The molecule has 0 unspecified atom stereocenters. The van der Waals surface area contributed by atoms with Crippen LogP contribution < -0.4 is 36.0 Å². The summed E-state index contributed by atoms with van der Waals surface area (Å²) in [7, 11) is 0. The van der Waals surface area contributed by atoms with E-state index in [1.807, 2.05) is 0 Å². The van der Waals surface area contributed by atoms with Gasteiger partial charge in [-0.3, -0.25) is 0 Å². The van der Waals surface area contributed by atoms with Gasteiger partial charge in [0.15, 0.2) is 5.58 Å². The normalized spacial score (nSPS) is 12.9. The minimum absolute atomic E-state index is 0.0575. The van der Waals surface area contributed by atoms with E-state index in [1.54, 1.807) is 0 Å². The molecular weight excluding hydrogens is 1150 g/mol. The molecule has 95 heavy (non-hydrogen) atoms. The number of hydrogen-bond donors (Lipinski definition) is 0. The summed E-state index contributed by atoms with van der Waals surface area (Å²) in [5.41, 5.74) is 23.9. The van der Waals surface area contributed by atoms with Crippen molar-refractivity contribution in [2.45, 2.75) is 52.4 Å². The minimum atomic E-state index is -0.242. The quantitative estimate of drug-likeness (QED) is 0.134. The number of furan rings is 1. The van der Waals surface area contributed by atoms with E-state index in [-0.39, 0.29) is 17.5 Å². The number of para-hydroxylation sites is 5. The molecule has 6 nitrogen and oxygen atoms in total. The Morgan fingerprint density at radius 1 is 0.316 bits per heavy atom. The number of benzene rings is 14. The average Bonchev–Trinajstić information content (AvgIpc) is 1.40. The fourth-order valence-corrected chi connectivity index (χ4v) is 15.3. The molecule has 0 aliphatic carbocycles. The molecule has 4 heterocycles. The minimum Gasteiger partial charge on any atom is -0.454 e. The Hall–Kier alpha value is -11.5. The third-order valence-electron chi connectivity index (χ3n) is 20.0. The summed E-state index contributed by atoms with van der Waals surface area (Å²) in [6.07, 6.45) is 0. The summed E-state index contributed by atoms with van der Waals surface area (Å²) in [6.45, 7) is 13.6. The Morgan fingerprint density at radius 3 is 1.45 bits per heavy atom. The number of aromatic nitrogens is 1. The van der Waals surface area contributed by atoms with E-state index >= 15 is 0 Å². The highest BCUT2D eigenvalue weighted by atomic mass is 16.3. The van der Waals surface area contributed by atoms with Crippen LogP contribution in [0.4, 0.5) is 68.2 Å². The van der Waals surface area contributed by atoms with E-state index in [4.69, 9.17) is 4.42 Å². The Bertz CT molecular complexity index is 5720. The van der Waals surface area contributed by atoms with Crippen LogP contribution in [0.5, 0.6) is 0 Å². The molecule has 2 aromatic heterocycles. The molecule has 16 aromatic rings. The molecule has 0 radical (unpaired) electrons. The molecule has 18 rings (SSSR count). The molecule has 0 atom stereocenters. The van der Waals surface area contributed by atoms with Crippen LogP contribution in [-0.2, 0) is 10.8 Å². The van der Waals surface area contributed by atoms with Crippen molar-refractivity contribution in [3.63, 3.8) is 0 Å². The van der Waals surface area contributed by atoms with Crippen molar-refractivity contribution in [1.82, 2.24) is 4.57 Å². The molecule has 7 heteroatoms. The van der Waals surface area contributed by atoms with Gasteiger partial charge in [-0.05, 0) is 187 Å². The van der Waals surface area contributed by atoms with Crippen molar-refractivity contribution in [3.8, 4) is 5.69 Å². The van der Waals surface area contributed by atoms with Gasteiger partial charge in [-0.2, -0.15) is 0 Å². The number of fused-ring (bicyclic) bond motifs is 12. The van der Waals surface area contributed by atoms with Crippen LogP contribution in [0, 0.1) is 0 Å². The smallest absolute Gasteiger partial charge is 0.252 e. The molecule has 0 amide bonds. The monoisotopic (exact) mass is 1220 g/mol. The molecule has 2 aliphatic heterocycles. The predicted molar refractivity (Wildman–Crippen MR) is 404 cm³/mol. The second kappa shape index (κ2) is 21.5. The van der Waals surface area contributed by atoms with Gasteiger partial charge in [0.1, 0.15) is 5.58 Å². The number of anilines is 12. The molecule has 0 N–H and O–H groups in total. The van der Waals surface area contributed by atoms with Gasteiger partial charge in [-0.1, -0.05) is 217 Å². The lowest BCUT2D eigenvalue weighted by Gasteiger charge is -2.45. The Morgan fingerprint density at radius 2 is 0.821 bits per heavy atom. The van der Waals surface area contributed by atoms with Gasteiger partial charge < -0.3 is 28.6 Å². The van der Waals surface area contributed by atoms with Gasteiger partial charge in [0.2, 0.25) is 0 Å².